The molecule has 0 spiro atoms. The van der Waals surface area contributed by atoms with Crippen LogP contribution < -0.4 is 16.6 Å². The van der Waals surface area contributed by atoms with E-state index in [1.165, 1.54) is 0 Å². The Morgan fingerprint density at radius 2 is 1.95 bits per heavy atom. The second-order valence-corrected chi connectivity index (χ2v) is 5.40. The maximum atomic E-state index is 12.4. The number of fused-ring (bicyclic) bond motifs is 1. The van der Waals surface area contributed by atoms with Crippen molar-refractivity contribution in [2.45, 2.75) is 32.7 Å². The largest absolute Gasteiger partial charge is 0.347 e. The summed E-state index contributed by atoms with van der Waals surface area (Å²) >= 11 is 0. The minimum atomic E-state index is -0.247. The number of carbonyl (C=O) groups is 1. The smallest absolute Gasteiger partial charge is 0.253 e. The Kier molecular flexibility index (Phi) is 3.90. The number of rotatable bonds is 4. The van der Waals surface area contributed by atoms with Crippen molar-refractivity contribution >= 4 is 22.5 Å². The number of carbonyl (C=O) groups excluding carboxylic acids is 1. The Morgan fingerprint density at radius 1 is 1.30 bits per heavy atom. The number of nitrogens with zero attached hydrogens (tertiary/aromatic N) is 1. The highest BCUT2D eigenvalue weighted by molar-refractivity contribution is 6.09. The van der Waals surface area contributed by atoms with Gasteiger partial charge in [-0.2, -0.15) is 0 Å². The lowest BCUT2D eigenvalue weighted by Gasteiger charge is -2.24. The van der Waals surface area contributed by atoms with Crippen molar-refractivity contribution < 1.29 is 4.79 Å². The molecule has 20 heavy (non-hydrogen) atoms. The standard InChI is InChI=1S/C15H20N4O/c1-4-15(2,3)18-14(20)12-9-17-13(19-16)11-8-6-5-7-10(11)12/h5-9H,4,16H2,1-3H3,(H,17,19)(H,18,20). The molecule has 0 saturated carbocycles. The van der Waals surface area contributed by atoms with Gasteiger partial charge in [0.2, 0.25) is 0 Å². The summed E-state index contributed by atoms with van der Waals surface area (Å²) in [5.74, 6) is 5.89. The number of benzene rings is 1. The molecule has 1 aromatic heterocycles. The van der Waals surface area contributed by atoms with Crippen LogP contribution >= 0.6 is 0 Å². The van der Waals surface area contributed by atoms with Crippen molar-refractivity contribution in [1.82, 2.24) is 10.3 Å². The van der Waals surface area contributed by atoms with E-state index < -0.39 is 0 Å². The summed E-state index contributed by atoms with van der Waals surface area (Å²) in [4.78, 5) is 16.6. The number of hydrogen-bond donors (Lipinski definition) is 3. The SMILES string of the molecule is CCC(C)(C)NC(=O)c1cnc(NN)c2ccccc12. The number of nitrogens with one attached hydrogen (secondary N) is 2. The van der Waals surface area contributed by atoms with Gasteiger partial charge >= 0.3 is 0 Å². The molecule has 0 aliphatic rings. The van der Waals surface area contributed by atoms with E-state index in [0.717, 1.165) is 17.2 Å². The Hall–Kier alpha value is -2.14. The Morgan fingerprint density at radius 3 is 2.55 bits per heavy atom. The zero-order valence-corrected chi connectivity index (χ0v) is 12.0. The molecule has 0 radical (unpaired) electrons. The highest BCUT2D eigenvalue weighted by Crippen LogP contribution is 2.24. The van der Waals surface area contributed by atoms with Crippen LogP contribution in [0, 0.1) is 0 Å². The van der Waals surface area contributed by atoms with Gasteiger partial charge in [-0.05, 0) is 25.7 Å². The molecule has 4 N–H and O–H groups in total. The molecule has 0 atom stereocenters. The second-order valence-electron chi connectivity index (χ2n) is 5.40. The highest BCUT2D eigenvalue weighted by atomic mass is 16.1. The molecule has 0 aliphatic carbocycles. The van der Waals surface area contributed by atoms with Gasteiger partial charge in [-0.15, -0.1) is 0 Å². The number of nitrogens with two attached hydrogens (primary N) is 1. The van der Waals surface area contributed by atoms with Crippen molar-refractivity contribution in [3.05, 3.63) is 36.0 Å². The minimum Gasteiger partial charge on any atom is -0.347 e. The van der Waals surface area contributed by atoms with Crippen LogP contribution in [0.15, 0.2) is 30.5 Å². The quantitative estimate of drug-likeness (QED) is 0.590. The van der Waals surface area contributed by atoms with Gasteiger partial charge in [0.25, 0.3) is 5.91 Å². The number of hydrogen-bond acceptors (Lipinski definition) is 4. The summed E-state index contributed by atoms with van der Waals surface area (Å²) in [6, 6.07) is 7.57. The molecular weight excluding hydrogens is 252 g/mol. The summed E-state index contributed by atoms with van der Waals surface area (Å²) in [7, 11) is 0. The van der Waals surface area contributed by atoms with Crippen LogP contribution in [0.25, 0.3) is 10.8 Å². The number of amides is 1. The Bertz CT molecular complexity index is 637. The van der Waals surface area contributed by atoms with Crippen LogP contribution in [0.1, 0.15) is 37.6 Å². The third-order valence-electron chi connectivity index (χ3n) is 3.51. The molecule has 0 saturated heterocycles. The van der Waals surface area contributed by atoms with Gasteiger partial charge in [-0.3, -0.25) is 4.79 Å². The van der Waals surface area contributed by atoms with E-state index in [4.69, 9.17) is 5.84 Å². The number of hydrazine groups is 1. The molecule has 106 valence electrons. The number of pyridine rings is 1. The van der Waals surface area contributed by atoms with Gasteiger partial charge in [0.1, 0.15) is 5.82 Å². The Labute approximate surface area is 118 Å². The van der Waals surface area contributed by atoms with Crippen LogP contribution in [0.3, 0.4) is 0 Å². The normalized spacial score (nSPS) is 11.4. The fourth-order valence-electron chi connectivity index (χ4n) is 1.95. The van der Waals surface area contributed by atoms with Gasteiger partial charge in [0.05, 0.1) is 5.56 Å². The van der Waals surface area contributed by atoms with E-state index in [1.807, 2.05) is 45.0 Å². The molecule has 0 unspecified atom stereocenters. The van der Waals surface area contributed by atoms with Gasteiger partial charge < -0.3 is 10.7 Å². The lowest BCUT2D eigenvalue weighted by Crippen LogP contribution is -2.42. The van der Waals surface area contributed by atoms with Crippen LogP contribution in [0.4, 0.5) is 5.82 Å². The predicted molar refractivity (Wildman–Crippen MR) is 81.4 cm³/mol. The van der Waals surface area contributed by atoms with Crippen molar-refractivity contribution in [2.24, 2.45) is 5.84 Å². The molecule has 2 aromatic rings. The first-order chi connectivity index (χ1) is 9.48. The van der Waals surface area contributed by atoms with Gasteiger partial charge in [-0.1, -0.05) is 31.2 Å². The summed E-state index contributed by atoms with van der Waals surface area (Å²) < 4.78 is 0. The molecule has 0 fully saturated rings. The van der Waals surface area contributed by atoms with Crippen LogP contribution in [-0.2, 0) is 0 Å². The van der Waals surface area contributed by atoms with E-state index in [1.54, 1.807) is 6.20 Å². The molecule has 2 rings (SSSR count). The maximum Gasteiger partial charge on any atom is 0.253 e. The summed E-state index contributed by atoms with van der Waals surface area (Å²) in [5.41, 5.74) is 2.86. The van der Waals surface area contributed by atoms with E-state index >= 15 is 0 Å². The van der Waals surface area contributed by atoms with Crippen LogP contribution in [0.2, 0.25) is 0 Å². The first-order valence-corrected chi connectivity index (χ1v) is 6.65. The lowest BCUT2D eigenvalue weighted by atomic mass is 10.0. The van der Waals surface area contributed by atoms with E-state index in [9.17, 15) is 4.79 Å². The second kappa shape index (κ2) is 5.46. The summed E-state index contributed by atoms with van der Waals surface area (Å²) in [6.45, 7) is 6.03. The first kappa shape index (κ1) is 14.3. The Balaban J connectivity index is 2.48. The fraction of sp³-hybridized carbons (Fsp3) is 0.333. The summed E-state index contributed by atoms with van der Waals surface area (Å²) in [6.07, 6.45) is 2.41. The molecule has 1 heterocycles. The van der Waals surface area contributed by atoms with Crippen molar-refractivity contribution in [3.63, 3.8) is 0 Å². The predicted octanol–water partition coefficient (Wildman–Crippen LogP) is 2.44. The fourth-order valence-corrected chi connectivity index (χ4v) is 1.95. The number of nitrogen functional groups attached to an aromatic ring is 1. The van der Waals surface area contributed by atoms with Gasteiger partial charge in [0, 0.05) is 17.1 Å². The molecule has 0 bridgehead atoms. The summed E-state index contributed by atoms with van der Waals surface area (Å²) in [5, 5.41) is 4.68. The minimum absolute atomic E-state index is 0.121. The monoisotopic (exact) mass is 272 g/mol. The highest BCUT2D eigenvalue weighted by Gasteiger charge is 2.21. The lowest BCUT2D eigenvalue weighted by molar-refractivity contribution is 0.0912. The topological polar surface area (TPSA) is 80.0 Å². The van der Waals surface area contributed by atoms with Crippen molar-refractivity contribution in [3.8, 4) is 0 Å². The van der Waals surface area contributed by atoms with Crippen molar-refractivity contribution in [2.75, 3.05) is 5.43 Å². The van der Waals surface area contributed by atoms with Crippen LogP contribution in [-0.4, -0.2) is 16.4 Å². The van der Waals surface area contributed by atoms with E-state index in [0.29, 0.717) is 11.4 Å². The average Bonchev–Trinajstić information content (AvgIpc) is 2.45. The molecule has 0 aliphatic heterocycles. The van der Waals surface area contributed by atoms with Crippen LogP contribution in [0.5, 0.6) is 0 Å². The first-order valence-electron chi connectivity index (χ1n) is 6.65. The molecule has 1 amide bonds. The number of anilines is 1. The third-order valence-corrected chi connectivity index (χ3v) is 3.51. The average molecular weight is 272 g/mol. The van der Waals surface area contributed by atoms with Crippen molar-refractivity contribution in [1.29, 1.82) is 0 Å². The molecular formula is C15H20N4O. The van der Waals surface area contributed by atoms with E-state index in [2.05, 4.69) is 15.7 Å². The van der Waals surface area contributed by atoms with Gasteiger partial charge in [-0.25, -0.2) is 10.8 Å². The zero-order chi connectivity index (χ0) is 14.8. The van der Waals surface area contributed by atoms with Gasteiger partial charge in [0.15, 0.2) is 0 Å². The molecule has 1 aromatic carbocycles. The van der Waals surface area contributed by atoms with E-state index in [-0.39, 0.29) is 11.4 Å². The molecule has 5 nitrogen and oxygen atoms in total. The maximum absolute atomic E-state index is 12.4. The zero-order valence-electron chi connectivity index (χ0n) is 12.0. The third kappa shape index (κ3) is 2.72. The molecule has 5 heteroatoms. The number of aromatic nitrogens is 1.